The van der Waals surface area contributed by atoms with Crippen molar-refractivity contribution >= 4 is 11.0 Å². The Labute approximate surface area is 96.1 Å². The molecule has 2 rings (SSSR count). The van der Waals surface area contributed by atoms with Gasteiger partial charge < -0.3 is 10.7 Å². The quantitative estimate of drug-likeness (QED) is 0.830. The van der Waals surface area contributed by atoms with E-state index in [0.29, 0.717) is 0 Å². The van der Waals surface area contributed by atoms with Gasteiger partial charge >= 0.3 is 0 Å². The molecule has 0 fully saturated rings. The molecule has 3 heteroatoms. The van der Waals surface area contributed by atoms with Crippen LogP contribution in [0.3, 0.4) is 0 Å². The van der Waals surface area contributed by atoms with Gasteiger partial charge in [0.1, 0.15) is 5.82 Å². The lowest BCUT2D eigenvalue weighted by atomic mass is 10.0. The van der Waals surface area contributed by atoms with Crippen molar-refractivity contribution in [1.82, 2.24) is 9.97 Å². The largest absolute Gasteiger partial charge is 0.340 e. The highest BCUT2D eigenvalue weighted by Gasteiger charge is 2.22. The minimum absolute atomic E-state index is 0.370. The molecule has 0 aliphatic rings. The molecule has 3 N–H and O–H groups in total. The lowest BCUT2D eigenvalue weighted by Crippen LogP contribution is -2.33. The standard InChI is InChI=1S/C13H19N3/c1-4-9-6-7-10-11(8-9)16-12(15-10)13(3,14)5-2/h6-8H,4-5,14H2,1-3H3,(H,15,16). The zero-order chi connectivity index (χ0) is 11.8. The van der Waals surface area contributed by atoms with Gasteiger partial charge in [-0.05, 0) is 37.5 Å². The summed E-state index contributed by atoms with van der Waals surface area (Å²) in [7, 11) is 0. The van der Waals surface area contributed by atoms with E-state index in [1.807, 2.05) is 6.92 Å². The second-order valence-corrected chi connectivity index (χ2v) is 4.56. The molecule has 1 atom stereocenters. The number of hydrogen-bond donors (Lipinski definition) is 2. The lowest BCUT2D eigenvalue weighted by Gasteiger charge is -2.19. The number of aromatic nitrogens is 2. The normalized spacial score (nSPS) is 15.2. The number of rotatable bonds is 3. The summed E-state index contributed by atoms with van der Waals surface area (Å²) < 4.78 is 0. The van der Waals surface area contributed by atoms with Gasteiger partial charge in [0, 0.05) is 0 Å². The monoisotopic (exact) mass is 217 g/mol. The fourth-order valence-electron chi connectivity index (χ4n) is 1.71. The average molecular weight is 217 g/mol. The van der Waals surface area contributed by atoms with E-state index < -0.39 is 0 Å². The Morgan fingerprint density at radius 3 is 2.75 bits per heavy atom. The molecule has 16 heavy (non-hydrogen) atoms. The average Bonchev–Trinajstić information content (AvgIpc) is 2.72. The molecule has 86 valence electrons. The van der Waals surface area contributed by atoms with Gasteiger partial charge in [-0.15, -0.1) is 0 Å². The van der Waals surface area contributed by atoms with Gasteiger partial charge in [0.15, 0.2) is 0 Å². The first kappa shape index (κ1) is 11.1. The van der Waals surface area contributed by atoms with Crippen LogP contribution in [0.15, 0.2) is 18.2 Å². The molecular weight excluding hydrogens is 198 g/mol. The molecule has 3 nitrogen and oxygen atoms in total. The molecule has 1 aromatic carbocycles. The highest BCUT2D eigenvalue weighted by Crippen LogP contribution is 2.22. The number of hydrogen-bond acceptors (Lipinski definition) is 2. The van der Waals surface area contributed by atoms with Crippen molar-refractivity contribution in [3.05, 3.63) is 29.6 Å². The summed E-state index contributed by atoms with van der Waals surface area (Å²) in [5.74, 6) is 0.873. The molecule has 0 aliphatic heterocycles. The Balaban J connectivity index is 2.52. The first-order chi connectivity index (χ1) is 7.56. The number of aromatic amines is 1. The number of nitrogens with one attached hydrogen (secondary N) is 1. The second kappa shape index (κ2) is 3.91. The maximum absolute atomic E-state index is 6.18. The van der Waals surface area contributed by atoms with E-state index in [1.165, 1.54) is 5.56 Å². The molecule has 0 spiro atoms. The van der Waals surface area contributed by atoms with Crippen molar-refractivity contribution < 1.29 is 0 Å². The van der Waals surface area contributed by atoms with Crippen LogP contribution < -0.4 is 5.73 Å². The van der Waals surface area contributed by atoms with E-state index in [2.05, 4.69) is 42.0 Å². The predicted octanol–water partition coefficient (Wildman–Crippen LogP) is 2.71. The first-order valence-corrected chi connectivity index (χ1v) is 5.85. The van der Waals surface area contributed by atoms with E-state index >= 15 is 0 Å². The number of aryl methyl sites for hydroxylation is 1. The summed E-state index contributed by atoms with van der Waals surface area (Å²) in [6.45, 7) is 6.23. The number of H-pyrrole nitrogens is 1. The fourth-order valence-corrected chi connectivity index (χ4v) is 1.71. The summed E-state index contributed by atoms with van der Waals surface area (Å²) >= 11 is 0. The van der Waals surface area contributed by atoms with Crippen molar-refractivity contribution in [3.63, 3.8) is 0 Å². The van der Waals surface area contributed by atoms with E-state index in [1.54, 1.807) is 0 Å². The Kier molecular flexibility index (Phi) is 2.72. The molecule has 0 aliphatic carbocycles. The number of nitrogens with two attached hydrogens (primary N) is 1. The zero-order valence-corrected chi connectivity index (χ0v) is 10.2. The third-order valence-electron chi connectivity index (χ3n) is 3.23. The topological polar surface area (TPSA) is 54.7 Å². The third kappa shape index (κ3) is 1.83. The molecule has 0 saturated carbocycles. The Bertz CT molecular complexity index is 497. The van der Waals surface area contributed by atoms with E-state index in [0.717, 1.165) is 29.7 Å². The van der Waals surface area contributed by atoms with Gasteiger partial charge in [0.25, 0.3) is 0 Å². The summed E-state index contributed by atoms with van der Waals surface area (Å²) in [6, 6.07) is 6.32. The summed E-state index contributed by atoms with van der Waals surface area (Å²) in [6.07, 6.45) is 1.91. The number of nitrogens with zero attached hydrogens (tertiary/aromatic N) is 1. The fraction of sp³-hybridized carbons (Fsp3) is 0.462. The van der Waals surface area contributed by atoms with Crippen molar-refractivity contribution in [2.24, 2.45) is 5.73 Å². The number of imidazole rings is 1. The molecule has 1 aromatic heterocycles. The highest BCUT2D eigenvalue weighted by atomic mass is 15.0. The van der Waals surface area contributed by atoms with E-state index in [9.17, 15) is 0 Å². The molecule has 1 heterocycles. The van der Waals surface area contributed by atoms with Crippen LogP contribution in [0, 0.1) is 0 Å². The smallest absolute Gasteiger partial charge is 0.127 e. The van der Waals surface area contributed by atoms with Gasteiger partial charge in [-0.2, -0.15) is 0 Å². The highest BCUT2D eigenvalue weighted by molar-refractivity contribution is 5.76. The van der Waals surface area contributed by atoms with Gasteiger partial charge in [0.2, 0.25) is 0 Å². The van der Waals surface area contributed by atoms with Crippen LogP contribution >= 0.6 is 0 Å². The SMILES string of the molecule is CCc1ccc2nc(C(C)(N)CC)[nH]c2c1. The van der Waals surface area contributed by atoms with Crippen LogP contribution in [0.25, 0.3) is 11.0 Å². The van der Waals surface area contributed by atoms with Gasteiger partial charge in [-0.25, -0.2) is 4.98 Å². The Hall–Kier alpha value is -1.35. The van der Waals surface area contributed by atoms with Crippen molar-refractivity contribution in [1.29, 1.82) is 0 Å². The third-order valence-corrected chi connectivity index (χ3v) is 3.23. The Morgan fingerprint density at radius 2 is 2.12 bits per heavy atom. The number of fused-ring (bicyclic) bond motifs is 1. The maximum atomic E-state index is 6.18. The molecule has 0 amide bonds. The van der Waals surface area contributed by atoms with Crippen LogP contribution in [-0.2, 0) is 12.0 Å². The van der Waals surface area contributed by atoms with Gasteiger partial charge in [-0.3, -0.25) is 0 Å². The van der Waals surface area contributed by atoms with Crippen LogP contribution in [0.5, 0.6) is 0 Å². The summed E-state index contributed by atoms with van der Waals surface area (Å²) in [5.41, 5.74) is 9.21. The van der Waals surface area contributed by atoms with Crippen LogP contribution in [0.2, 0.25) is 0 Å². The van der Waals surface area contributed by atoms with Crippen LogP contribution in [-0.4, -0.2) is 9.97 Å². The van der Waals surface area contributed by atoms with Crippen LogP contribution in [0.1, 0.15) is 38.6 Å². The van der Waals surface area contributed by atoms with Crippen LogP contribution in [0.4, 0.5) is 0 Å². The summed E-state index contributed by atoms with van der Waals surface area (Å²) in [5, 5.41) is 0. The molecule has 2 aromatic rings. The molecule has 1 unspecified atom stereocenters. The van der Waals surface area contributed by atoms with Gasteiger partial charge in [-0.1, -0.05) is 19.9 Å². The lowest BCUT2D eigenvalue weighted by molar-refractivity contribution is 0.451. The molecule has 0 saturated heterocycles. The van der Waals surface area contributed by atoms with Crippen molar-refractivity contribution in [2.45, 2.75) is 39.2 Å². The molecule has 0 radical (unpaired) electrons. The predicted molar refractivity (Wildman–Crippen MR) is 67.3 cm³/mol. The Morgan fingerprint density at radius 1 is 1.38 bits per heavy atom. The van der Waals surface area contributed by atoms with E-state index in [-0.39, 0.29) is 5.54 Å². The molecular formula is C13H19N3. The van der Waals surface area contributed by atoms with Crippen molar-refractivity contribution in [3.8, 4) is 0 Å². The minimum Gasteiger partial charge on any atom is -0.340 e. The first-order valence-electron chi connectivity index (χ1n) is 5.85. The van der Waals surface area contributed by atoms with E-state index in [4.69, 9.17) is 5.73 Å². The van der Waals surface area contributed by atoms with Crippen molar-refractivity contribution in [2.75, 3.05) is 0 Å². The zero-order valence-electron chi connectivity index (χ0n) is 10.2. The molecule has 0 bridgehead atoms. The second-order valence-electron chi connectivity index (χ2n) is 4.56. The summed E-state index contributed by atoms with van der Waals surface area (Å²) in [4.78, 5) is 7.88. The number of benzene rings is 1. The van der Waals surface area contributed by atoms with Gasteiger partial charge in [0.05, 0.1) is 16.6 Å². The maximum Gasteiger partial charge on any atom is 0.127 e. The minimum atomic E-state index is -0.370.